The van der Waals surface area contributed by atoms with Crippen LogP contribution in [0.4, 0.5) is 0 Å². The predicted octanol–water partition coefficient (Wildman–Crippen LogP) is 2.44. The third kappa shape index (κ3) is 4.54. The van der Waals surface area contributed by atoms with E-state index in [1.54, 1.807) is 12.1 Å². The second-order valence-electron chi connectivity index (χ2n) is 6.90. The number of benzene rings is 1. The van der Waals surface area contributed by atoms with Crippen LogP contribution >= 0.6 is 0 Å². The molecule has 1 amide bonds. The third-order valence-electron chi connectivity index (χ3n) is 4.70. The van der Waals surface area contributed by atoms with E-state index in [2.05, 4.69) is 15.5 Å². The van der Waals surface area contributed by atoms with Crippen molar-refractivity contribution in [3.05, 3.63) is 30.2 Å². The Morgan fingerprint density at radius 3 is 2.33 bits per heavy atom. The van der Waals surface area contributed by atoms with Gasteiger partial charge < -0.3 is 9.84 Å². The highest BCUT2D eigenvalue weighted by atomic mass is 32.2. The summed E-state index contributed by atoms with van der Waals surface area (Å²) < 4.78 is 30.5. The molecule has 0 spiro atoms. The Labute approximate surface area is 159 Å². The Kier molecular flexibility index (Phi) is 5.91. The van der Waals surface area contributed by atoms with Crippen molar-refractivity contribution in [3.8, 4) is 11.4 Å². The number of carbonyl (C=O) groups is 1. The SMILES string of the molecule is CN(C)S(=O)(=O)c1ccc(-c2noc(C(=O)NC3CCCCCC3)n2)cc1. The molecule has 9 heteroatoms. The molecule has 1 fully saturated rings. The summed E-state index contributed by atoms with van der Waals surface area (Å²) in [6.45, 7) is 0. The van der Waals surface area contributed by atoms with Gasteiger partial charge in [0.2, 0.25) is 15.8 Å². The molecule has 1 aliphatic rings. The maximum Gasteiger partial charge on any atom is 0.316 e. The summed E-state index contributed by atoms with van der Waals surface area (Å²) in [5, 5.41) is 6.80. The van der Waals surface area contributed by atoms with Crippen LogP contribution < -0.4 is 5.32 Å². The Morgan fingerprint density at radius 2 is 1.74 bits per heavy atom. The van der Waals surface area contributed by atoms with Crippen molar-refractivity contribution in [2.75, 3.05) is 14.1 Å². The molecule has 2 aromatic rings. The minimum atomic E-state index is -3.50. The zero-order valence-electron chi connectivity index (χ0n) is 15.5. The monoisotopic (exact) mass is 392 g/mol. The molecule has 27 heavy (non-hydrogen) atoms. The number of aromatic nitrogens is 2. The molecule has 0 radical (unpaired) electrons. The molecular formula is C18H24N4O4S. The van der Waals surface area contributed by atoms with Gasteiger partial charge in [0.15, 0.2) is 0 Å². The summed E-state index contributed by atoms with van der Waals surface area (Å²) in [6.07, 6.45) is 6.57. The van der Waals surface area contributed by atoms with E-state index >= 15 is 0 Å². The summed E-state index contributed by atoms with van der Waals surface area (Å²) in [5.74, 6) is -0.207. The van der Waals surface area contributed by atoms with Gasteiger partial charge >= 0.3 is 11.8 Å². The maximum absolute atomic E-state index is 12.3. The summed E-state index contributed by atoms with van der Waals surface area (Å²) >= 11 is 0. The minimum absolute atomic E-state index is 0.0840. The fourth-order valence-electron chi connectivity index (χ4n) is 3.09. The van der Waals surface area contributed by atoms with E-state index in [9.17, 15) is 13.2 Å². The van der Waals surface area contributed by atoms with Crippen LogP contribution in [0.25, 0.3) is 11.4 Å². The van der Waals surface area contributed by atoms with Gasteiger partial charge in [-0.2, -0.15) is 4.98 Å². The largest absolute Gasteiger partial charge is 0.345 e. The van der Waals surface area contributed by atoms with Crippen LogP contribution in [-0.4, -0.2) is 48.9 Å². The fourth-order valence-corrected chi connectivity index (χ4v) is 3.99. The van der Waals surface area contributed by atoms with E-state index in [0.717, 1.165) is 30.0 Å². The van der Waals surface area contributed by atoms with Crippen LogP contribution in [0, 0.1) is 0 Å². The van der Waals surface area contributed by atoms with E-state index in [4.69, 9.17) is 4.52 Å². The van der Waals surface area contributed by atoms with Crippen molar-refractivity contribution >= 4 is 15.9 Å². The van der Waals surface area contributed by atoms with Gasteiger partial charge in [-0.3, -0.25) is 4.79 Å². The van der Waals surface area contributed by atoms with Gasteiger partial charge in [0.05, 0.1) is 4.90 Å². The first kappa shape index (κ1) is 19.5. The molecule has 146 valence electrons. The topological polar surface area (TPSA) is 105 Å². The molecule has 1 saturated carbocycles. The van der Waals surface area contributed by atoms with Crippen LogP contribution in [0.3, 0.4) is 0 Å². The van der Waals surface area contributed by atoms with Gasteiger partial charge in [-0.05, 0) is 37.1 Å². The lowest BCUT2D eigenvalue weighted by molar-refractivity contribution is 0.0889. The molecule has 1 aliphatic carbocycles. The molecule has 0 atom stereocenters. The summed E-state index contributed by atoms with van der Waals surface area (Å²) in [4.78, 5) is 16.7. The normalized spacial score (nSPS) is 16.3. The fraction of sp³-hybridized carbons (Fsp3) is 0.500. The molecule has 0 saturated heterocycles. The number of hydrogen-bond acceptors (Lipinski definition) is 6. The molecular weight excluding hydrogens is 368 g/mol. The molecule has 0 unspecified atom stereocenters. The van der Waals surface area contributed by atoms with Crippen LogP contribution in [0.1, 0.15) is 49.2 Å². The minimum Gasteiger partial charge on any atom is -0.345 e. The van der Waals surface area contributed by atoms with Crippen molar-refractivity contribution in [2.24, 2.45) is 0 Å². The summed E-state index contributed by atoms with van der Waals surface area (Å²) in [6, 6.07) is 6.28. The highest BCUT2D eigenvalue weighted by Crippen LogP contribution is 2.21. The van der Waals surface area contributed by atoms with Crippen molar-refractivity contribution in [3.63, 3.8) is 0 Å². The number of nitrogens with one attached hydrogen (secondary N) is 1. The molecule has 0 bridgehead atoms. The number of rotatable bonds is 5. The number of carbonyl (C=O) groups excluding carboxylic acids is 1. The van der Waals surface area contributed by atoms with Crippen LogP contribution in [0.5, 0.6) is 0 Å². The van der Waals surface area contributed by atoms with E-state index < -0.39 is 10.0 Å². The molecule has 1 aromatic carbocycles. The van der Waals surface area contributed by atoms with E-state index in [0.29, 0.717) is 5.56 Å². The number of sulfonamides is 1. The maximum atomic E-state index is 12.3. The Morgan fingerprint density at radius 1 is 1.11 bits per heavy atom. The Bertz CT molecular complexity index is 882. The van der Waals surface area contributed by atoms with Crippen LogP contribution in [-0.2, 0) is 10.0 Å². The standard InChI is InChI=1S/C18H24N4O4S/c1-22(2)27(24,25)15-11-9-13(10-12-15)16-20-18(26-21-16)17(23)19-14-7-5-3-4-6-8-14/h9-12,14H,3-8H2,1-2H3,(H,19,23). The van der Waals surface area contributed by atoms with Crippen LogP contribution in [0.15, 0.2) is 33.7 Å². The van der Waals surface area contributed by atoms with Gasteiger partial charge in [0.25, 0.3) is 0 Å². The van der Waals surface area contributed by atoms with Crippen LogP contribution in [0.2, 0.25) is 0 Å². The molecule has 0 aliphatic heterocycles. The van der Waals surface area contributed by atoms with Crippen molar-refractivity contribution in [1.29, 1.82) is 0 Å². The van der Waals surface area contributed by atoms with Gasteiger partial charge in [-0.1, -0.05) is 30.8 Å². The van der Waals surface area contributed by atoms with E-state index in [1.807, 2.05) is 0 Å². The Balaban J connectivity index is 1.70. The number of amides is 1. The third-order valence-corrected chi connectivity index (χ3v) is 6.53. The predicted molar refractivity (Wildman–Crippen MR) is 99.6 cm³/mol. The lowest BCUT2D eigenvalue weighted by Gasteiger charge is -2.14. The van der Waals surface area contributed by atoms with Crippen molar-refractivity contribution in [1.82, 2.24) is 19.8 Å². The second-order valence-corrected chi connectivity index (χ2v) is 9.05. The van der Waals surface area contributed by atoms with Crippen molar-refractivity contribution < 1.29 is 17.7 Å². The van der Waals surface area contributed by atoms with E-state index in [-0.39, 0.29) is 28.6 Å². The smallest absolute Gasteiger partial charge is 0.316 e. The first-order valence-electron chi connectivity index (χ1n) is 9.05. The molecule has 8 nitrogen and oxygen atoms in total. The average molecular weight is 392 g/mol. The first-order valence-corrected chi connectivity index (χ1v) is 10.5. The second kappa shape index (κ2) is 8.18. The molecule has 1 heterocycles. The van der Waals surface area contributed by atoms with Gasteiger partial charge in [0.1, 0.15) is 0 Å². The van der Waals surface area contributed by atoms with Gasteiger partial charge in [-0.15, -0.1) is 0 Å². The lowest BCUT2D eigenvalue weighted by atomic mass is 10.1. The Hall–Kier alpha value is -2.26. The summed E-state index contributed by atoms with van der Waals surface area (Å²) in [7, 11) is -0.551. The van der Waals surface area contributed by atoms with Gasteiger partial charge in [-0.25, -0.2) is 12.7 Å². The highest BCUT2D eigenvalue weighted by molar-refractivity contribution is 7.89. The molecule has 1 N–H and O–H groups in total. The zero-order valence-corrected chi connectivity index (χ0v) is 16.3. The quantitative estimate of drug-likeness (QED) is 0.784. The molecule has 3 rings (SSSR count). The lowest BCUT2D eigenvalue weighted by Crippen LogP contribution is -2.34. The van der Waals surface area contributed by atoms with E-state index in [1.165, 1.54) is 39.1 Å². The number of hydrogen-bond donors (Lipinski definition) is 1. The first-order chi connectivity index (χ1) is 12.9. The number of nitrogens with zero attached hydrogens (tertiary/aromatic N) is 3. The van der Waals surface area contributed by atoms with Gasteiger partial charge in [0, 0.05) is 25.7 Å². The highest BCUT2D eigenvalue weighted by Gasteiger charge is 2.21. The average Bonchev–Trinajstić information content (AvgIpc) is 3.01. The zero-order chi connectivity index (χ0) is 19.4. The van der Waals surface area contributed by atoms with Crippen molar-refractivity contribution in [2.45, 2.75) is 49.5 Å². The molecule has 1 aromatic heterocycles. The summed E-state index contributed by atoms with van der Waals surface area (Å²) in [5.41, 5.74) is 0.574.